The average Bonchev–Trinajstić information content (AvgIpc) is 3.23. The van der Waals surface area contributed by atoms with E-state index in [9.17, 15) is 18.0 Å². The highest BCUT2D eigenvalue weighted by atomic mass is 127. The Morgan fingerprint density at radius 2 is 2.03 bits per heavy atom. The molecule has 1 aromatic rings. The van der Waals surface area contributed by atoms with Gasteiger partial charge in [0.05, 0.1) is 0 Å². The first-order valence-electron chi connectivity index (χ1n) is 10.7. The zero-order valence-corrected chi connectivity index (χ0v) is 20.5. The van der Waals surface area contributed by atoms with Crippen LogP contribution in [0.1, 0.15) is 44.1 Å². The Bertz CT molecular complexity index is 772. The minimum absolute atomic E-state index is 0. The molecule has 2 aliphatic rings. The van der Waals surface area contributed by atoms with E-state index < -0.39 is 12.8 Å². The molecule has 11 heteroatoms. The molecular formula is C21H31F3IN5O2. The maximum absolute atomic E-state index is 12.7. The van der Waals surface area contributed by atoms with E-state index in [0.717, 1.165) is 38.6 Å². The van der Waals surface area contributed by atoms with Crippen molar-refractivity contribution in [1.82, 2.24) is 20.5 Å². The molecule has 1 saturated heterocycles. The Morgan fingerprint density at radius 1 is 1.28 bits per heavy atom. The first kappa shape index (κ1) is 26.5. The van der Waals surface area contributed by atoms with Crippen molar-refractivity contribution in [2.75, 3.05) is 26.7 Å². The van der Waals surface area contributed by atoms with Gasteiger partial charge in [0.15, 0.2) is 12.6 Å². The average molecular weight is 569 g/mol. The molecule has 0 radical (unpaired) electrons. The number of rotatable bonds is 6. The van der Waals surface area contributed by atoms with E-state index in [2.05, 4.69) is 20.6 Å². The Kier molecular flexibility index (Phi) is 10.3. The number of nitrogens with zero attached hydrogens (tertiary/aromatic N) is 3. The van der Waals surface area contributed by atoms with Crippen molar-refractivity contribution in [2.24, 2.45) is 10.9 Å². The Balaban J connectivity index is 0.00000363. The van der Waals surface area contributed by atoms with Crippen LogP contribution in [0, 0.1) is 5.92 Å². The molecule has 0 spiro atoms. The minimum atomic E-state index is -4.43. The van der Waals surface area contributed by atoms with Gasteiger partial charge in [0, 0.05) is 50.4 Å². The number of pyridine rings is 1. The van der Waals surface area contributed by atoms with Crippen LogP contribution >= 0.6 is 24.0 Å². The third-order valence-electron chi connectivity index (χ3n) is 5.69. The van der Waals surface area contributed by atoms with Crippen molar-refractivity contribution in [2.45, 2.75) is 57.3 Å². The van der Waals surface area contributed by atoms with E-state index in [-0.39, 0.29) is 54.3 Å². The highest BCUT2D eigenvalue weighted by molar-refractivity contribution is 14.0. The second-order valence-corrected chi connectivity index (χ2v) is 8.05. The standard InChI is InChI=1S/C21H30F3N5O2.HI/c1-25-20(27-12-16-8-5-10-26-18(16)31-14-21(22,23)24)28-17-9-11-29(13-17)19(30)15-6-3-2-4-7-15;/h5,8,10,15,17H,2-4,6-7,9,11-14H2,1H3,(H2,25,27,28);1H. The SMILES string of the molecule is CN=C(NCc1cccnc1OCC(F)(F)F)NC1CCN(C(=O)C2CCCCC2)C1.I. The van der Waals surface area contributed by atoms with Crippen LogP contribution in [0.25, 0.3) is 0 Å². The van der Waals surface area contributed by atoms with Crippen LogP contribution in [-0.4, -0.2) is 60.7 Å². The second kappa shape index (κ2) is 12.4. The first-order chi connectivity index (χ1) is 14.9. The fourth-order valence-electron chi connectivity index (χ4n) is 4.09. The smallest absolute Gasteiger partial charge is 0.422 e. The molecule has 0 bridgehead atoms. The van der Waals surface area contributed by atoms with Gasteiger partial charge in [-0.25, -0.2) is 4.98 Å². The van der Waals surface area contributed by atoms with E-state index in [0.29, 0.717) is 18.1 Å². The first-order valence-corrected chi connectivity index (χ1v) is 10.7. The lowest BCUT2D eigenvalue weighted by Gasteiger charge is -2.26. The van der Waals surface area contributed by atoms with Gasteiger partial charge >= 0.3 is 6.18 Å². The van der Waals surface area contributed by atoms with E-state index in [1.807, 2.05) is 4.90 Å². The maximum atomic E-state index is 12.7. The van der Waals surface area contributed by atoms with Crippen LogP contribution in [0.4, 0.5) is 13.2 Å². The number of amides is 1. The van der Waals surface area contributed by atoms with Crippen LogP contribution in [0.15, 0.2) is 23.3 Å². The molecule has 2 heterocycles. The summed E-state index contributed by atoms with van der Waals surface area (Å²) in [6.07, 6.45) is 3.24. The van der Waals surface area contributed by atoms with Gasteiger partial charge in [-0.2, -0.15) is 13.2 Å². The lowest BCUT2D eigenvalue weighted by Crippen LogP contribution is -2.45. The van der Waals surface area contributed by atoms with Gasteiger partial charge in [-0.05, 0) is 25.3 Å². The van der Waals surface area contributed by atoms with Crippen molar-refractivity contribution in [3.8, 4) is 5.88 Å². The maximum Gasteiger partial charge on any atom is 0.422 e. The van der Waals surface area contributed by atoms with Crippen LogP contribution in [0.3, 0.4) is 0 Å². The summed E-state index contributed by atoms with van der Waals surface area (Å²) in [4.78, 5) is 22.8. The molecule has 3 rings (SSSR count). The number of likely N-dealkylation sites (tertiary alicyclic amines) is 1. The molecule has 1 unspecified atom stereocenters. The van der Waals surface area contributed by atoms with Crippen LogP contribution in [-0.2, 0) is 11.3 Å². The van der Waals surface area contributed by atoms with Gasteiger partial charge in [-0.1, -0.05) is 25.3 Å². The molecule has 0 aromatic carbocycles. The molecule has 1 atom stereocenters. The number of aliphatic imine (C=N–C) groups is 1. The summed E-state index contributed by atoms with van der Waals surface area (Å²) in [7, 11) is 1.62. The van der Waals surface area contributed by atoms with Gasteiger partial charge in [-0.15, -0.1) is 24.0 Å². The Labute approximate surface area is 203 Å². The molecule has 1 aromatic heterocycles. The summed E-state index contributed by atoms with van der Waals surface area (Å²) in [5.74, 6) is 0.870. The summed E-state index contributed by atoms with van der Waals surface area (Å²) in [5.41, 5.74) is 0.496. The van der Waals surface area contributed by atoms with Crippen LogP contribution < -0.4 is 15.4 Å². The van der Waals surface area contributed by atoms with Gasteiger partial charge in [-0.3, -0.25) is 9.79 Å². The highest BCUT2D eigenvalue weighted by Gasteiger charge is 2.32. The van der Waals surface area contributed by atoms with Gasteiger partial charge in [0.2, 0.25) is 11.8 Å². The zero-order valence-electron chi connectivity index (χ0n) is 18.2. The summed E-state index contributed by atoms with van der Waals surface area (Å²) in [5, 5.41) is 6.39. The quantitative estimate of drug-likeness (QED) is 0.312. The number of aromatic nitrogens is 1. The lowest BCUT2D eigenvalue weighted by atomic mass is 9.88. The predicted octanol–water partition coefficient (Wildman–Crippen LogP) is 3.49. The van der Waals surface area contributed by atoms with Gasteiger partial charge in [0.1, 0.15) is 0 Å². The van der Waals surface area contributed by atoms with Crippen molar-refractivity contribution in [1.29, 1.82) is 0 Å². The zero-order chi connectivity index (χ0) is 22.3. The highest BCUT2D eigenvalue weighted by Crippen LogP contribution is 2.27. The van der Waals surface area contributed by atoms with E-state index in [4.69, 9.17) is 4.74 Å². The van der Waals surface area contributed by atoms with E-state index in [1.54, 1.807) is 19.2 Å². The monoisotopic (exact) mass is 569 g/mol. The Morgan fingerprint density at radius 3 is 2.72 bits per heavy atom. The lowest BCUT2D eigenvalue weighted by molar-refractivity contribution is -0.154. The Hall–Kier alpha value is -1.79. The minimum Gasteiger partial charge on any atom is -0.468 e. The number of ether oxygens (including phenoxy) is 1. The number of alkyl halides is 3. The molecule has 1 aliphatic carbocycles. The number of hydrogen-bond acceptors (Lipinski definition) is 4. The summed E-state index contributed by atoms with van der Waals surface area (Å²) in [6, 6.07) is 3.37. The normalized spacial score (nSPS) is 19.9. The number of nitrogens with one attached hydrogen (secondary N) is 2. The molecule has 1 amide bonds. The van der Waals surface area contributed by atoms with Crippen molar-refractivity contribution >= 4 is 35.8 Å². The van der Waals surface area contributed by atoms with Crippen molar-refractivity contribution in [3.05, 3.63) is 23.9 Å². The molecule has 1 aliphatic heterocycles. The van der Waals surface area contributed by atoms with E-state index >= 15 is 0 Å². The molecular weight excluding hydrogens is 538 g/mol. The molecule has 32 heavy (non-hydrogen) atoms. The molecule has 2 fully saturated rings. The molecule has 7 nitrogen and oxygen atoms in total. The van der Waals surface area contributed by atoms with Crippen LogP contribution in [0.2, 0.25) is 0 Å². The summed E-state index contributed by atoms with van der Waals surface area (Å²) < 4.78 is 42.2. The third kappa shape index (κ3) is 7.96. The molecule has 1 saturated carbocycles. The van der Waals surface area contributed by atoms with Crippen molar-refractivity contribution in [3.63, 3.8) is 0 Å². The third-order valence-corrected chi connectivity index (χ3v) is 5.69. The number of guanidine groups is 1. The van der Waals surface area contributed by atoms with Gasteiger partial charge < -0.3 is 20.3 Å². The largest absolute Gasteiger partial charge is 0.468 e. The number of carbonyl (C=O) groups is 1. The van der Waals surface area contributed by atoms with E-state index in [1.165, 1.54) is 12.6 Å². The van der Waals surface area contributed by atoms with Gasteiger partial charge in [0.25, 0.3) is 0 Å². The van der Waals surface area contributed by atoms with Crippen LogP contribution in [0.5, 0.6) is 5.88 Å². The number of hydrogen-bond donors (Lipinski definition) is 2. The summed E-state index contributed by atoms with van der Waals surface area (Å²) in [6.45, 7) is 0.167. The molecule has 2 N–H and O–H groups in total. The number of halogens is 4. The second-order valence-electron chi connectivity index (χ2n) is 8.05. The topological polar surface area (TPSA) is 78.9 Å². The summed E-state index contributed by atoms with van der Waals surface area (Å²) >= 11 is 0. The fraction of sp³-hybridized carbons (Fsp3) is 0.667. The number of carbonyl (C=O) groups excluding carboxylic acids is 1. The fourth-order valence-corrected chi connectivity index (χ4v) is 4.09. The van der Waals surface area contributed by atoms with Crippen molar-refractivity contribution < 1.29 is 22.7 Å². The predicted molar refractivity (Wildman–Crippen MR) is 126 cm³/mol. The molecule has 180 valence electrons.